The number of fused-ring (bicyclic) bond motifs is 2. The van der Waals surface area contributed by atoms with E-state index in [2.05, 4.69) is 83.0 Å². The van der Waals surface area contributed by atoms with Gasteiger partial charge < -0.3 is 5.32 Å². The maximum Gasteiger partial charge on any atom is 0.0703 e. The van der Waals surface area contributed by atoms with Crippen LogP contribution in [0.3, 0.4) is 0 Å². The van der Waals surface area contributed by atoms with Gasteiger partial charge in [0.1, 0.15) is 0 Å². The van der Waals surface area contributed by atoms with Crippen molar-refractivity contribution >= 4 is 32.2 Å². The standard InChI is InChI=1S/C23H22N2S/c1-3-9-19-17(6-1)8-5-10-20(19)23(25-14-12-24-13-15-25)22-16-18-7-2-4-11-21(18)26-22/h1-11,16,23-24H,12-15H2. The molecule has 3 aromatic carbocycles. The van der Waals surface area contributed by atoms with E-state index in [0.717, 1.165) is 26.2 Å². The summed E-state index contributed by atoms with van der Waals surface area (Å²) in [4.78, 5) is 4.09. The Hall–Kier alpha value is -2.20. The Labute approximate surface area is 158 Å². The third-order valence-electron chi connectivity index (χ3n) is 5.35. The van der Waals surface area contributed by atoms with E-state index in [1.165, 1.54) is 31.3 Å². The molecule has 1 atom stereocenters. The monoisotopic (exact) mass is 358 g/mol. The van der Waals surface area contributed by atoms with E-state index in [9.17, 15) is 0 Å². The lowest BCUT2D eigenvalue weighted by atomic mass is 9.96. The van der Waals surface area contributed by atoms with Crippen molar-refractivity contribution in [2.75, 3.05) is 26.2 Å². The highest BCUT2D eigenvalue weighted by Crippen LogP contribution is 2.39. The largest absolute Gasteiger partial charge is 0.314 e. The zero-order valence-corrected chi connectivity index (χ0v) is 15.5. The van der Waals surface area contributed by atoms with Crippen molar-refractivity contribution in [2.24, 2.45) is 0 Å². The topological polar surface area (TPSA) is 15.3 Å². The second kappa shape index (κ2) is 6.84. The third kappa shape index (κ3) is 2.82. The van der Waals surface area contributed by atoms with E-state index in [1.54, 1.807) is 0 Å². The van der Waals surface area contributed by atoms with Gasteiger partial charge in [-0.1, -0.05) is 60.7 Å². The van der Waals surface area contributed by atoms with Crippen LogP contribution in [0.2, 0.25) is 0 Å². The van der Waals surface area contributed by atoms with Gasteiger partial charge in [-0.25, -0.2) is 0 Å². The quantitative estimate of drug-likeness (QED) is 0.551. The average molecular weight is 359 g/mol. The fourth-order valence-corrected chi connectivity index (χ4v) is 5.32. The molecule has 1 aromatic heterocycles. The van der Waals surface area contributed by atoms with Crippen LogP contribution in [0.25, 0.3) is 20.9 Å². The van der Waals surface area contributed by atoms with E-state index in [0.29, 0.717) is 6.04 Å². The fraction of sp³-hybridized carbons (Fsp3) is 0.217. The Bertz CT molecular complexity index is 1010. The molecule has 130 valence electrons. The summed E-state index contributed by atoms with van der Waals surface area (Å²) in [5.41, 5.74) is 1.43. The van der Waals surface area contributed by atoms with Crippen molar-refractivity contribution in [3.63, 3.8) is 0 Å². The van der Waals surface area contributed by atoms with Gasteiger partial charge in [0.05, 0.1) is 6.04 Å². The molecule has 1 aliphatic heterocycles. The van der Waals surface area contributed by atoms with E-state index in [-0.39, 0.29) is 0 Å². The lowest BCUT2D eigenvalue weighted by molar-refractivity contribution is 0.201. The lowest BCUT2D eigenvalue weighted by Gasteiger charge is -2.35. The molecule has 0 aliphatic carbocycles. The SMILES string of the molecule is c1ccc2sc(C(c3cccc4ccccc34)N3CCNCC3)cc2c1. The van der Waals surface area contributed by atoms with E-state index < -0.39 is 0 Å². The second-order valence-corrected chi connectivity index (χ2v) is 8.06. The summed E-state index contributed by atoms with van der Waals surface area (Å²) in [5, 5.41) is 7.55. The molecular formula is C23H22N2S. The van der Waals surface area contributed by atoms with Crippen molar-refractivity contribution in [2.45, 2.75) is 6.04 Å². The first-order valence-corrected chi connectivity index (χ1v) is 10.1. The van der Waals surface area contributed by atoms with Gasteiger partial charge in [-0.2, -0.15) is 0 Å². The highest BCUT2D eigenvalue weighted by atomic mass is 32.1. The molecule has 0 spiro atoms. The van der Waals surface area contributed by atoms with Gasteiger partial charge in [-0.15, -0.1) is 11.3 Å². The van der Waals surface area contributed by atoms with Crippen molar-refractivity contribution in [1.29, 1.82) is 0 Å². The molecule has 2 heterocycles. The smallest absolute Gasteiger partial charge is 0.0703 e. The van der Waals surface area contributed by atoms with Gasteiger partial charge in [0.25, 0.3) is 0 Å². The number of hydrogen-bond donors (Lipinski definition) is 1. The molecule has 26 heavy (non-hydrogen) atoms. The first-order valence-electron chi connectivity index (χ1n) is 9.31. The fourth-order valence-electron chi connectivity index (χ4n) is 4.10. The summed E-state index contributed by atoms with van der Waals surface area (Å²) >= 11 is 1.94. The van der Waals surface area contributed by atoms with Gasteiger partial charge in [-0.05, 0) is 33.9 Å². The van der Waals surface area contributed by atoms with Gasteiger partial charge in [-0.3, -0.25) is 4.90 Å². The molecule has 0 saturated carbocycles. The summed E-state index contributed by atoms with van der Waals surface area (Å²) in [6.45, 7) is 4.29. The molecule has 0 bridgehead atoms. The minimum absolute atomic E-state index is 0.320. The zero-order chi connectivity index (χ0) is 17.3. The average Bonchev–Trinajstić information content (AvgIpc) is 3.13. The van der Waals surface area contributed by atoms with Crippen LogP contribution in [0.5, 0.6) is 0 Å². The van der Waals surface area contributed by atoms with Crippen LogP contribution in [-0.4, -0.2) is 31.1 Å². The Morgan fingerprint density at radius 2 is 1.54 bits per heavy atom. The van der Waals surface area contributed by atoms with Crippen LogP contribution in [-0.2, 0) is 0 Å². The molecule has 1 unspecified atom stereocenters. The number of piperazine rings is 1. The molecule has 4 aromatic rings. The molecule has 1 aliphatic rings. The van der Waals surface area contributed by atoms with E-state index in [4.69, 9.17) is 0 Å². The van der Waals surface area contributed by atoms with Crippen LogP contribution in [0.4, 0.5) is 0 Å². The lowest BCUT2D eigenvalue weighted by Crippen LogP contribution is -2.45. The molecule has 1 fully saturated rings. The minimum Gasteiger partial charge on any atom is -0.314 e. The van der Waals surface area contributed by atoms with Gasteiger partial charge >= 0.3 is 0 Å². The summed E-state index contributed by atoms with van der Waals surface area (Å²) < 4.78 is 1.38. The third-order valence-corrected chi connectivity index (χ3v) is 6.52. The number of nitrogens with one attached hydrogen (secondary N) is 1. The van der Waals surface area contributed by atoms with E-state index in [1.807, 2.05) is 11.3 Å². The van der Waals surface area contributed by atoms with Gasteiger partial charge in [0.15, 0.2) is 0 Å². The van der Waals surface area contributed by atoms with Crippen LogP contribution in [0, 0.1) is 0 Å². The first kappa shape index (κ1) is 16.0. The molecule has 1 saturated heterocycles. The number of rotatable bonds is 3. The molecule has 0 amide bonds. The Morgan fingerprint density at radius 3 is 2.38 bits per heavy atom. The number of benzene rings is 3. The van der Waals surface area contributed by atoms with Crippen LogP contribution in [0.1, 0.15) is 16.5 Å². The number of hydrogen-bond acceptors (Lipinski definition) is 3. The summed E-state index contributed by atoms with van der Waals surface area (Å²) in [7, 11) is 0. The van der Waals surface area contributed by atoms with Crippen molar-refractivity contribution in [1.82, 2.24) is 10.2 Å². The number of thiophene rings is 1. The highest BCUT2D eigenvalue weighted by Gasteiger charge is 2.26. The van der Waals surface area contributed by atoms with Crippen molar-refractivity contribution < 1.29 is 0 Å². The van der Waals surface area contributed by atoms with Crippen LogP contribution < -0.4 is 5.32 Å². The molecular weight excluding hydrogens is 336 g/mol. The van der Waals surface area contributed by atoms with Crippen LogP contribution in [0.15, 0.2) is 72.8 Å². The highest BCUT2D eigenvalue weighted by molar-refractivity contribution is 7.19. The van der Waals surface area contributed by atoms with Crippen LogP contribution >= 0.6 is 11.3 Å². The molecule has 0 radical (unpaired) electrons. The summed E-state index contributed by atoms with van der Waals surface area (Å²) in [6, 6.07) is 27.0. The molecule has 2 nitrogen and oxygen atoms in total. The Balaban J connectivity index is 1.70. The van der Waals surface area contributed by atoms with Gasteiger partial charge in [0.2, 0.25) is 0 Å². The Kier molecular flexibility index (Phi) is 4.21. The maximum absolute atomic E-state index is 3.50. The maximum atomic E-state index is 3.50. The summed E-state index contributed by atoms with van der Waals surface area (Å²) in [6.07, 6.45) is 0. The molecule has 1 N–H and O–H groups in total. The molecule has 5 rings (SSSR count). The zero-order valence-electron chi connectivity index (χ0n) is 14.7. The Morgan fingerprint density at radius 1 is 0.808 bits per heavy atom. The predicted molar refractivity (Wildman–Crippen MR) is 112 cm³/mol. The molecule has 3 heteroatoms. The minimum atomic E-state index is 0.320. The predicted octanol–water partition coefficient (Wildman–Crippen LogP) is 5.05. The first-order chi connectivity index (χ1) is 12.9. The van der Waals surface area contributed by atoms with E-state index >= 15 is 0 Å². The second-order valence-electron chi connectivity index (χ2n) is 6.94. The summed E-state index contributed by atoms with van der Waals surface area (Å²) in [5.74, 6) is 0. The van der Waals surface area contributed by atoms with Gasteiger partial charge in [0, 0.05) is 35.8 Å². The van der Waals surface area contributed by atoms with Crippen molar-refractivity contribution in [3.8, 4) is 0 Å². The normalized spacial score (nSPS) is 16.9. The van der Waals surface area contributed by atoms with Crippen molar-refractivity contribution in [3.05, 3.63) is 83.2 Å². The number of nitrogens with zero attached hydrogens (tertiary/aromatic N) is 1.